The van der Waals surface area contributed by atoms with Gasteiger partial charge in [-0.3, -0.25) is 0 Å². The Kier molecular flexibility index (Phi) is 3.80. The van der Waals surface area contributed by atoms with Gasteiger partial charge in [-0.25, -0.2) is 0 Å². The van der Waals surface area contributed by atoms with Crippen LogP contribution in [-0.2, 0) is 4.74 Å². The van der Waals surface area contributed by atoms with Gasteiger partial charge < -0.3 is 9.84 Å². The van der Waals surface area contributed by atoms with Crippen molar-refractivity contribution in [3.8, 4) is 0 Å². The molecule has 0 aromatic heterocycles. The van der Waals surface area contributed by atoms with Crippen LogP contribution >= 0.6 is 0 Å². The molecule has 9 unspecified atom stereocenters. The van der Waals surface area contributed by atoms with Crippen LogP contribution in [0.25, 0.3) is 0 Å². The third-order valence-corrected chi connectivity index (χ3v) is 10.8. The summed E-state index contributed by atoms with van der Waals surface area (Å²) in [6.07, 6.45) is 12.6. The minimum Gasteiger partial charge on any atom is -0.389 e. The van der Waals surface area contributed by atoms with E-state index in [0.29, 0.717) is 5.41 Å². The van der Waals surface area contributed by atoms with Crippen LogP contribution in [0.15, 0.2) is 0 Å². The lowest BCUT2D eigenvalue weighted by atomic mass is 9.43. The zero-order valence-electron chi connectivity index (χ0n) is 17.5. The Morgan fingerprint density at radius 1 is 1.00 bits per heavy atom. The second kappa shape index (κ2) is 5.50. The van der Waals surface area contributed by atoms with E-state index in [1.165, 1.54) is 44.9 Å². The lowest BCUT2D eigenvalue weighted by molar-refractivity contribution is -0.163. The molecule has 5 aliphatic rings. The lowest BCUT2D eigenvalue weighted by Gasteiger charge is -2.62. The number of epoxide rings is 1. The highest BCUT2D eigenvalue weighted by Gasteiger charge is 2.67. The molecule has 2 nitrogen and oxygen atoms in total. The molecule has 4 saturated carbocycles. The quantitative estimate of drug-likeness (QED) is 0.652. The van der Waals surface area contributed by atoms with Crippen molar-refractivity contribution in [2.45, 2.75) is 103 Å². The number of ether oxygens (including phenoxy) is 1. The highest BCUT2D eigenvalue weighted by molar-refractivity contribution is 5.16. The monoisotopic (exact) mass is 360 g/mol. The molecule has 4 aliphatic carbocycles. The van der Waals surface area contributed by atoms with Gasteiger partial charge in [0.25, 0.3) is 0 Å². The third kappa shape index (κ3) is 2.12. The molecule has 0 amide bonds. The zero-order chi connectivity index (χ0) is 18.4. The van der Waals surface area contributed by atoms with E-state index >= 15 is 0 Å². The molecule has 1 aliphatic heterocycles. The minimum atomic E-state index is -0.388. The number of hydrogen-bond donors (Lipinski definition) is 1. The van der Waals surface area contributed by atoms with E-state index in [1.807, 2.05) is 0 Å². The fraction of sp³-hybridized carbons (Fsp3) is 1.00. The summed E-state index contributed by atoms with van der Waals surface area (Å²) in [6.45, 7) is 10.8. The van der Waals surface area contributed by atoms with Gasteiger partial charge in [0, 0.05) is 0 Å². The van der Waals surface area contributed by atoms with Gasteiger partial charge in [-0.15, -0.1) is 0 Å². The smallest absolute Gasteiger partial charge is 0.0944 e. The topological polar surface area (TPSA) is 32.8 Å². The first-order chi connectivity index (χ1) is 12.3. The van der Waals surface area contributed by atoms with Gasteiger partial charge in [0.15, 0.2) is 0 Å². The maximum atomic E-state index is 11.5. The summed E-state index contributed by atoms with van der Waals surface area (Å²) in [4.78, 5) is 0. The second-order valence-electron chi connectivity index (χ2n) is 11.6. The molecule has 0 aromatic carbocycles. The Labute approximate surface area is 160 Å². The van der Waals surface area contributed by atoms with Crippen LogP contribution in [0.1, 0.15) is 91.9 Å². The SMILES string of the molecule is CCCC1(O)CCC2C3CCC4CC5(CO5)C(C)CC4(C)C3CCC21C. The predicted molar refractivity (Wildman–Crippen MR) is 105 cm³/mol. The fourth-order valence-electron chi connectivity index (χ4n) is 9.08. The number of rotatable bonds is 2. The van der Waals surface area contributed by atoms with Crippen molar-refractivity contribution < 1.29 is 9.84 Å². The van der Waals surface area contributed by atoms with Gasteiger partial charge in [0.05, 0.1) is 17.8 Å². The molecule has 1 spiro atoms. The molecule has 2 heteroatoms. The van der Waals surface area contributed by atoms with Crippen molar-refractivity contribution >= 4 is 0 Å². The fourth-order valence-corrected chi connectivity index (χ4v) is 9.08. The molecular weight excluding hydrogens is 320 g/mol. The van der Waals surface area contributed by atoms with Crippen LogP contribution in [-0.4, -0.2) is 22.9 Å². The highest BCUT2D eigenvalue weighted by Crippen LogP contribution is 2.70. The van der Waals surface area contributed by atoms with Gasteiger partial charge in [-0.2, -0.15) is 0 Å². The first-order valence-electron chi connectivity index (χ1n) is 11.6. The average molecular weight is 361 g/mol. The van der Waals surface area contributed by atoms with Crippen LogP contribution < -0.4 is 0 Å². The van der Waals surface area contributed by atoms with Crippen LogP contribution in [0.4, 0.5) is 0 Å². The summed E-state index contributed by atoms with van der Waals surface area (Å²) < 4.78 is 5.99. The van der Waals surface area contributed by atoms with E-state index in [-0.39, 0.29) is 16.6 Å². The molecule has 0 radical (unpaired) electrons. The minimum absolute atomic E-state index is 0.175. The number of fused-ring (bicyclic) bond motifs is 5. The molecule has 1 heterocycles. The Morgan fingerprint density at radius 3 is 2.42 bits per heavy atom. The average Bonchev–Trinajstić information content (AvgIpc) is 3.31. The maximum absolute atomic E-state index is 11.5. The summed E-state index contributed by atoms with van der Waals surface area (Å²) in [7, 11) is 0. The predicted octanol–water partition coefficient (Wildman–Crippen LogP) is 5.58. The van der Waals surface area contributed by atoms with E-state index in [2.05, 4.69) is 27.7 Å². The Hall–Kier alpha value is -0.0800. The summed E-state index contributed by atoms with van der Waals surface area (Å²) in [5, 5.41) is 11.5. The van der Waals surface area contributed by atoms with Crippen molar-refractivity contribution in [1.82, 2.24) is 0 Å². The molecule has 1 saturated heterocycles. The van der Waals surface area contributed by atoms with E-state index in [9.17, 15) is 5.11 Å². The molecule has 1 N–H and O–H groups in total. The van der Waals surface area contributed by atoms with Crippen molar-refractivity contribution in [3.63, 3.8) is 0 Å². The van der Waals surface area contributed by atoms with Gasteiger partial charge in [0.2, 0.25) is 0 Å². The molecule has 5 fully saturated rings. The Balaban J connectivity index is 1.43. The molecule has 148 valence electrons. The Bertz CT molecular complexity index is 583. The first kappa shape index (κ1) is 18.0. The van der Waals surface area contributed by atoms with Crippen LogP contribution in [0.2, 0.25) is 0 Å². The molecular formula is C24H40O2. The molecule has 0 bridgehead atoms. The summed E-state index contributed by atoms with van der Waals surface area (Å²) in [5.74, 6) is 4.13. The van der Waals surface area contributed by atoms with Crippen molar-refractivity contribution in [2.75, 3.05) is 6.61 Å². The van der Waals surface area contributed by atoms with E-state index in [0.717, 1.165) is 55.5 Å². The lowest BCUT2D eigenvalue weighted by Crippen LogP contribution is -2.58. The zero-order valence-corrected chi connectivity index (χ0v) is 17.5. The first-order valence-corrected chi connectivity index (χ1v) is 11.6. The van der Waals surface area contributed by atoms with Crippen molar-refractivity contribution in [3.05, 3.63) is 0 Å². The summed E-state index contributed by atoms with van der Waals surface area (Å²) >= 11 is 0. The summed E-state index contributed by atoms with van der Waals surface area (Å²) in [5.41, 5.74) is 0.580. The number of aliphatic hydroxyl groups is 1. The Morgan fingerprint density at radius 2 is 1.73 bits per heavy atom. The van der Waals surface area contributed by atoms with Crippen LogP contribution in [0.5, 0.6) is 0 Å². The van der Waals surface area contributed by atoms with Gasteiger partial charge in [-0.1, -0.05) is 34.1 Å². The maximum Gasteiger partial charge on any atom is 0.0944 e. The van der Waals surface area contributed by atoms with Gasteiger partial charge >= 0.3 is 0 Å². The molecule has 26 heavy (non-hydrogen) atoms. The largest absolute Gasteiger partial charge is 0.389 e. The van der Waals surface area contributed by atoms with E-state index in [1.54, 1.807) is 0 Å². The summed E-state index contributed by atoms with van der Waals surface area (Å²) in [6, 6.07) is 0. The molecule has 5 rings (SSSR count). The van der Waals surface area contributed by atoms with Gasteiger partial charge in [0.1, 0.15) is 0 Å². The molecule has 9 atom stereocenters. The van der Waals surface area contributed by atoms with Crippen LogP contribution in [0.3, 0.4) is 0 Å². The second-order valence-corrected chi connectivity index (χ2v) is 11.6. The number of hydrogen-bond acceptors (Lipinski definition) is 2. The normalized spacial score (nSPS) is 61.0. The standard InChI is InChI=1S/C24H40O2/c1-5-10-24(25)12-9-20-18-7-6-17-14-23(15-26-23)16(2)13-21(17,3)19(18)8-11-22(20,24)4/h16-20,25H,5-15H2,1-4H3. The molecule has 0 aromatic rings. The van der Waals surface area contributed by atoms with Crippen LogP contribution in [0, 0.1) is 40.4 Å². The third-order valence-electron chi connectivity index (χ3n) is 10.8. The van der Waals surface area contributed by atoms with Crippen molar-refractivity contribution in [2.24, 2.45) is 40.4 Å². The van der Waals surface area contributed by atoms with E-state index < -0.39 is 0 Å². The van der Waals surface area contributed by atoms with E-state index in [4.69, 9.17) is 4.74 Å². The van der Waals surface area contributed by atoms with Crippen molar-refractivity contribution in [1.29, 1.82) is 0 Å². The highest BCUT2D eigenvalue weighted by atomic mass is 16.6. The van der Waals surface area contributed by atoms with Gasteiger partial charge in [-0.05, 0) is 98.2 Å².